The van der Waals surface area contributed by atoms with Gasteiger partial charge in [0.2, 0.25) is 11.8 Å². The van der Waals surface area contributed by atoms with Gasteiger partial charge in [-0.25, -0.2) is 4.98 Å². The van der Waals surface area contributed by atoms with Crippen molar-refractivity contribution in [3.63, 3.8) is 0 Å². The number of thiazole rings is 1. The maximum Gasteiger partial charge on any atom is 0.248 e. The number of nitrogens with zero attached hydrogens (tertiary/aromatic N) is 3. The van der Waals surface area contributed by atoms with Gasteiger partial charge in [0.05, 0.1) is 31.4 Å². The standard InChI is InChI=1S/C23H30N4O4S/c1-30-15-22(28)27-8-2-3-18(14-27)23(29)24-13-21-25-20(16-32-21)17-4-6-19(7-5-17)26-9-11-31-12-10-26/h4-7,16,18H,2-3,8-15H2,1H3,(H,24,29)/t18-/m0/s1. The van der Waals surface area contributed by atoms with Gasteiger partial charge in [-0.15, -0.1) is 11.3 Å². The van der Waals surface area contributed by atoms with Crippen LogP contribution in [0.25, 0.3) is 11.3 Å². The van der Waals surface area contributed by atoms with Crippen LogP contribution in [0.1, 0.15) is 17.8 Å². The van der Waals surface area contributed by atoms with E-state index in [0.29, 0.717) is 19.6 Å². The fourth-order valence-corrected chi connectivity index (χ4v) is 4.87. The van der Waals surface area contributed by atoms with Crippen molar-refractivity contribution < 1.29 is 19.1 Å². The number of hydrogen-bond donors (Lipinski definition) is 1. The third-order valence-corrected chi connectivity index (χ3v) is 6.77. The molecule has 2 fully saturated rings. The number of carbonyl (C=O) groups excluding carboxylic acids is 2. The molecule has 2 amide bonds. The van der Waals surface area contributed by atoms with E-state index in [2.05, 4.69) is 34.5 Å². The Kier molecular flexibility index (Phi) is 7.72. The molecule has 3 heterocycles. The normalized spacial score (nSPS) is 19.1. The summed E-state index contributed by atoms with van der Waals surface area (Å²) in [6.45, 7) is 4.97. The van der Waals surface area contributed by atoms with Gasteiger partial charge in [-0.05, 0) is 25.0 Å². The smallest absolute Gasteiger partial charge is 0.248 e. The number of morpholine rings is 1. The van der Waals surface area contributed by atoms with E-state index < -0.39 is 0 Å². The molecule has 2 aliphatic rings. The Balaban J connectivity index is 1.29. The monoisotopic (exact) mass is 458 g/mol. The van der Waals surface area contributed by atoms with Gasteiger partial charge in [0, 0.05) is 49.9 Å². The minimum absolute atomic E-state index is 0.0217. The summed E-state index contributed by atoms with van der Waals surface area (Å²) >= 11 is 1.54. The van der Waals surface area contributed by atoms with Crippen molar-refractivity contribution in [2.75, 3.05) is 58.0 Å². The molecule has 1 atom stereocenters. The lowest BCUT2D eigenvalue weighted by atomic mass is 9.97. The van der Waals surface area contributed by atoms with Crippen molar-refractivity contribution >= 4 is 28.8 Å². The highest BCUT2D eigenvalue weighted by molar-refractivity contribution is 7.09. The van der Waals surface area contributed by atoms with E-state index in [4.69, 9.17) is 14.5 Å². The molecule has 32 heavy (non-hydrogen) atoms. The number of anilines is 1. The van der Waals surface area contributed by atoms with Crippen LogP contribution in [0.3, 0.4) is 0 Å². The van der Waals surface area contributed by atoms with Crippen LogP contribution in [-0.2, 0) is 25.6 Å². The summed E-state index contributed by atoms with van der Waals surface area (Å²) in [6.07, 6.45) is 1.62. The number of carbonyl (C=O) groups is 2. The first kappa shape index (κ1) is 22.7. The number of likely N-dealkylation sites (tertiary alicyclic amines) is 1. The van der Waals surface area contributed by atoms with E-state index in [1.807, 2.05) is 5.38 Å². The molecule has 2 saturated heterocycles. The largest absolute Gasteiger partial charge is 0.378 e. The van der Waals surface area contributed by atoms with Crippen LogP contribution in [0.2, 0.25) is 0 Å². The van der Waals surface area contributed by atoms with E-state index >= 15 is 0 Å². The van der Waals surface area contributed by atoms with Crippen molar-refractivity contribution in [1.29, 1.82) is 0 Å². The molecule has 0 unspecified atom stereocenters. The van der Waals surface area contributed by atoms with Crippen molar-refractivity contribution in [2.24, 2.45) is 5.92 Å². The van der Waals surface area contributed by atoms with Crippen molar-refractivity contribution in [2.45, 2.75) is 19.4 Å². The van der Waals surface area contributed by atoms with Crippen LogP contribution >= 0.6 is 11.3 Å². The molecule has 1 aromatic heterocycles. The first-order valence-electron chi connectivity index (χ1n) is 11.1. The predicted molar refractivity (Wildman–Crippen MR) is 124 cm³/mol. The Morgan fingerprint density at radius 3 is 2.75 bits per heavy atom. The van der Waals surface area contributed by atoms with Gasteiger partial charge in [-0.2, -0.15) is 0 Å². The molecule has 2 aliphatic heterocycles. The number of piperidine rings is 1. The molecular formula is C23H30N4O4S. The van der Waals surface area contributed by atoms with Gasteiger partial charge in [0.25, 0.3) is 0 Å². The maximum absolute atomic E-state index is 12.6. The average molecular weight is 459 g/mol. The highest BCUT2D eigenvalue weighted by Crippen LogP contribution is 2.25. The van der Waals surface area contributed by atoms with Crippen molar-refractivity contribution in [1.82, 2.24) is 15.2 Å². The second kappa shape index (κ2) is 10.9. The molecule has 1 N–H and O–H groups in total. The molecule has 8 nitrogen and oxygen atoms in total. The molecule has 4 rings (SSSR count). The zero-order valence-electron chi connectivity index (χ0n) is 18.4. The third-order valence-electron chi connectivity index (χ3n) is 5.92. The van der Waals surface area contributed by atoms with E-state index in [9.17, 15) is 9.59 Å². The topological polar surface area (TPSA) is 84.0 Å². The summed E-state index contributed by atoms with van der Waals surface area (Å²) < 4.78 is 10.3. The second-order valence-corrected chi connectivity index (χ2v) is 9.05. The SMILES string of the molecule is COCC(=O)N1CCC[C@H](C(=O)NCc2nc(-c3ccc(N4CCOCC4)cc3)cs2)C1. The van der Waals surface area contributed by atoms with Crippen molar-refractivity contribution in [3.05, 3.63) is 34.7 Å². The third kappa shape index (κ3) is 5.65. The first-order chi connectivity index (χ1) is 15.6. The van der Waals surface area contributed by atoms with E-state index in [-0.39, 0.29) is 24.3 Å². The molecule has 9 heteroatoms. The summed E-state index contributed by atoms with van der Waals surface area (Å²) in [7, 11) is 1.51. The van der Waals surface area contributed by atoms with Gasteiger partial charge in [-0.1, -0.05) is 12.1 Å². The Morgan fingerprint density at radius 2 is 2.00 bits per heavy atom. The lowest BCUT2D eigenvalue weighted by Crippen LogP contribution is -2.46. The number of nitrogens with one attached hydrogen (secondary N) is 1. The average Bonchev–Trinajstić information content (AvgIpc) is 3.32. The maximum atomic E-state index is 12.6. The Bertz CT molecular complexity index is 911. The van der Waals surface area contributed by atoms with Crippen LogP contribution < -0.4 is 10.2 Å². The zero-order chi connectivity index (χ0) is 22.3. The Hall–Kier alpha value is -2.49. The van der Waals surface area contributed by atoms with Crippen LogP contribution in [0.5, 0.6) is 0 Å². The molecule has 0 spiro atoms. The number of hydrogen-bond acceptors (Lipinski definition) is 7. The minimum Gasteiger partial charge on any atom is -0.378 e. The first-order valence-corrected chi connectivity index (χ1v) is 11.9. The quantitative estimate of drug-likeness (QED) is 0.685. The number of methoxy groups -OCH3 is 1. The lowest BCUT2D eigenvalue weighted by Gasteiger charge is -2.31. The highest BCUT2D eigenvalue weighted by Gasteiger charge is 2.28. The van der Waals surface area contributed by atoms with E-state index in [1.54, 1.807) is 16.2 Å². The molecule has 0 bridgehead atoms. The summed E-state index contributed by atoms with van der Waals surface area (Å²) in [4.78, 5) is 33.4. The van der Waals surface area contributed by atoms with Gasteiger partial charge < -0.3 is 24.6 Å². The van der Waals surface area contributed by atoms with E-state index in [1.165, 1.54) is 12.8 Å². The molecule has 172 valence electrons. The fourth-order valence-electron chi connectivity index (χ4n) is 4.13. The molecule has 0 aliphatic carbocycles. The Labute approximate surface area is 192 Å². The summed E-state index contributed by atoms with van der Waals surface area (Å²) in [5.41, 5.74) is 3.18. The van der Waals surface area contributed by atoms with Crippen LogP contribution in [-0.4, -0.2) is 74.8 Å². The lowest BCUT2D eigenvalue weighted by molar-refractivity contribution is -0.139. The van der Waals surface area contributed by atoms with Crippen LogP contribution in [0.15, 0.2) is 29.6 Å². The summed E-state index contributed by atoms with van der Waals surface area (Å²) in [5, 5.41) is 5.89. The van der Waals surface area contributed by atoms with Gasteiger partial charge in [-0.3, -0.25) is 9.59 Å². The van der Waals surface area contributed by atoms with Gasteiger partial charge in [0.1, 0.15) is 11.6 Å². The van der Waals surface area contributed by atoms with Gasteiger partial charge in [0.15, 0.2) is 0 Å². The fraction of sp³-hybridized carbons (Fsp3) is 0.522. The Morgan fingerprint density at radius 1 is 1.22 bits per heavy atom. The molecule has 2 aromatic rings. The number of amides is 2. The van der Waals surface area contributed by atoms with E-state index in [0.717, 1.165) is 55.4 Å². The number of aromatic nitrogens is 1. The highest BCUT2D eigenvalue weighted by atomic mass is 32.1. The van der Waals surface area contributed by atoms with Crippen LogP contribution in [0.4, 0.5) is 5.69 Å². The van der Waals surface area contributed by atoms with Crippen LogP contribution in [0, 0.1) is 5.92 Å². The molecule has 0 saturated carbocycles. The molecule has 1 aromatic carbocycles. The molecular weight excluding hydrogens is 428 g/mol. The molecule has 0 radical (unpaired) electrons. The predicted octanol–water partition coefficient (Wildman–Crippen LogP) is 2.15. The number of benzene rings is 1. The number of ether oxygens (including phenoxy) is 2. The summed E-state index contributed by atoms with van der Waals surface area (Å²) in [5.74, 6) is -0.266. The van der Waals surface area contributed by atoms with Crippen molar-refractivity contribution in [3.8, 4) is 11.3 Å². The van der Waals surface area contributed by atoms with Gasteiger partial charge >= 0.3 is 0 Å². The number of rotatable bonds is 7. The zero-order valence-corrected chi connectivity index (χ0v) is 19.2. The minimum atomic E-state index is -0.184. The second-order valence-electron chi connectivity index (χ2n) is 8.10. The summed E-state index contributed by atoms with van der Waals surface area (Å²) in [6, 6.07) is 8.44.